The highest BCUT2D eigenvalue weighted by Crippen LogP contribution is 2.18. The van der Waals surface area contributed by atoms with Crippen LogP contribution in [0.4, 0.5) is 0 Å². The predicted molar refractivity (Wildman–Crippen MR) is 99.5 cm³/mol. The zero-order valence-electron chi connectivity index (χ0n) is 14.3. The van der Waals surface area contributed by atoms with E-state index in [-0.39, 0.29) is 24.2 Å². The van der Waals surface area contributed by atoms with E-state index in [4.69, 9.17) is 0 Å². The number of hydrogen-bond donors (Lipinski definition) is 4. The van der Waals surface area contributed by atoms with Crippen LogP contribution in [0.2, 0.25) is 0 Å². The van der Waals surface area contributed by atoms with Gasteiger partial charge in [-0.05, 0) is 23.1 Å². The van der Waals surface area contributed by atoms with Crippen LogP contribution in [0, 0.1) is 11.8 Å². The van der Waals surface area contributed by atoms with Crippen LogP contribution in [0.25, 0.3) is 11.3 Å². The number of aromatic amines is 1. The minimum atomic E-state index is -1.05. The lowest BCUT2D eigenvalue weighted by molar-refractivity contribution is -0.142. The molecule has 134 valence electrons. The molecule has 2 rings (SSSR count). The van der Waals surface area contributed by atoms with Crippen LogP contribution in [0.15, 0.2) is 36.5 Å². The van der Waals surface area contributed by atoms with Crippen molar-refractivity contribution in [3.63, 3.8) is 0 Å². The number of carboxylic acids is 1. The third kappa shape index (κ3) is 5.09. The van der Waals surface area contributed by atoms with Crippen LogP contribution >= 0.6 is 12.6 Å². The number of carbonyl (C=O) groups excluding carboxylic acids is 1. The van der Waals surface area contributed by atoms with Crippen molar-refractivity contribution < 1.29 is 14.7 Å². The first-order valence-corrected chi connectivity index (χ1v) is 8.78. The summed E-state index contributed by atoms with van der Waals surface area (Å²) in [6.07, 6.45) is 1.90. The topological polar surface area (TPSA) is 95.1 Å². The van der Waals surface area contributed by atoms with Gasteiger partial charge in [-0.3, -0.25) is 9.89 Å². The van der Waals surface area contributed by atoms with Gasteiger partial charge in [0.25, 0.3) is 0 Å². The number of rotatable bonds is 8. The zero-order chi connectivity index (χ0) is 18.4. The molecule has 1 aromatic heterocycles. The van der Waals surface area contributed by atoms with E-state index in [1.54, 1.807) is 6.20 Å². The average Bonchev–Trinajstić information content (AvgIpc) is 3.09. The molecule has 25 heavy (non-hydrogen) atoms. The van der Waals surface area contributed by atoms with Crippen molar-refractivity contribution in [3.05, 3.63) is 42.1 Å². The molecule has 0 spiro atoms. The standard InChI is InChI=1S/C18H23N3O3S/c1-11(2)14(10-25)17(22)20-16(18(23)24)9-12-3-5-13(6-4-12)15-7-8-19-21-15/h3-8,11,14,16,25H,9-10H2,1-2H3,(H,19,21)(H,20,22)(H,23,24)/t14-,16-/m0/s1. The van der Waals surface area contributed by atoms with E-state index < -0.39 is 12.0 Å². The molecule has 3 N–H and O–H groups in total. The zero-order valence-corrected chi connectivity index (χ0v) is 15.2. The van der Waals surface area contributed by atoms with E-state index in [1.165, 1.54) is 0 Å². The maximum Gasteiger partial charge on any atom is 0.326 e. The van der Waals surface area contributed by atoms with Gasteiger partial charge in [0.1, 0.15) is 6.04 Å². The number of aliphatic carboxylic acids is 1. The number of amides is 1. The monoisotopic (exact) mass is 361 g/mol. The van der Waals surface area contributed by atoms with Crippen LogP contribution in [0.5, 0.6) is 0 Å². The van der Waals surface area contributed by atoms with Crippen LogP contribution in [0.3, 0.4) is 0 Å². The molecule has 2 atom stereocenters. The molecular weight excluding hydrogens is 338 g/mol. The SMILES string of the molecule is CC(C)[C@H](CS)C(=O)N[C@@H](Cc1ccc(-c2ccn[nH]2)cc1)C(=O)O. The van der Waals surface area contributed by atoms with E-state index in [1.807, 2.05) is 44.2 Å². The number of hydrogen-bond acceptors (Lipinski definition) is 4. The lowest BCUT2D eigenvalue weighted by Gasteiger charge is -2.21. The summed E-state index contributed by atoms with van der Waals surface area (Å²) in [6.45, 7) is 3.84. The van der Waals surface area contributed by atoms with Crippen molar-refractivity contribution in [2.75, 3.05) is 5.75 Å². The number of nitrogens with one attached hydrogen (secondary N) is 2. The Hall–Kier alpha value is -2.28. The highest BCUT2D eigenvalue weighted by atomic mass is 32.1. The number of H-pyrrole nitrogens is 1. The van der Waals surface area contributed by atoms with Crippen molar-refractivity contribution in [1.82, 2.24) is 15.5 Å². The highest BCUT2D eigenvalue weighted by Gasteiger charge is 2.26. The maximum absolute atomic E-state index is 12.3. The van der Waals surface area contributed by atoms with Crippen LogP contribution in [0.1, 0.15) is 19.4 Å². The largest absolute Gasteiger partial charge is 0.480 e. The Balaban J connectivity index is 2.06. The van der Waals surface area contributed by atoms with Crippen molar-refractivity contribution in [2.24, 2.45) is 11.8 Å². The van der Waals surface area contributed by atoms with Gasteiger partial charge in [0.05, 0.1) is 5.69 Å². The first-order valence-electron chi connectivity index (χ1n) is 8.15. The molecule has 0 aliphatic rings. The Labute approximate surface area is 152 Å². The first kappa shape index (κ1) is 19.1. The Morgan fingerprint density at radius 2 is 1.92 bits per heavy atom. The minimum absolute atomic E-state index is 0.0978. The van der Waals surface area contributed by atoms with E-state index in [0.29, 0.717) is 5.75 Å². The third-order valence-corrected chi connectivity index (χ3v) is 4.55. The highest BCUT2D eigenvalue weighted by molar-refractivity contribution is 7.80. The number of benzene rings is 1. The molecule has 1 aromatic carbocycles. The molecule has 0 bridgehead atoms. The second-order valence-electron chi connectivity index (χ2n) is 6.30. The van der Waals surface area contributed by atoms with Crippen molar-refractivity contribution in [2.45, 2.75) is 26.3 Å². The van der Waals surface area contributed by atoms with Crippen LogP contribution in [-0.4, -0.2) is 39.0 Å². The average molecular weight is 361 g/mol. The van der Waals surface area contributed by atoms with Crippen LogP contribution in [-0.2, 0) is 16.0 Å². The van der Waals surface area contributed by atoms with E-state index >= 15 is 0 Å². The number of carbonyl (C=O) groups is 2. The summed E-state index contributed by atoms with van der Waals surface area (Å²) in [5.41, 5.74) is 2.69. The Bertz CT molecular complexity index is 699. The number of thiol groups is 1. The predicted octanol–water partition coefficient (Wildman–Crippen LogP) is 2.39. The molecule has 1 amide bonds. The summed E-state index contributed by atoms with van der Waals surface area (Å²) < 4.78 is 0. The summed E-state index contributed by atoms with van der Waals surface area (Å²) >= 11 is 4.19. The second-order valence-corrected chi connectivity index (χ2v) is 6.67. The molecule has 0 saturated carbocycles. The molecule has 0 aliphatic carbocycles. The molecule has 0 radical (unpaired) electrons. The van der Waals surface area contributed by atoms with Crippen molar-refractivity contribution in [1.29, 1.82) is 0 Å². The van der Waals surface area contributed by atoms with E-state index in [2.05, 4.69) is 28.1 Å². The van der Waals surface area contributed by atoms with Gasteiger partial charge in [-0.2, -0.15) is 17.7 Å². The second kappa shape index (κ2) is 8.71. The van der Waals surface area contributed by atoms with Gasteiger partial charge in [0.15, 0.2) is 0 Å². The minimum Gasteiger partial charge on any atom is -0.480 e. The smallest absolute Gasteiger partial charge is 0.326 e. The third-order valence-electron chi connectivity index (χ3n) is 4.16. The lowest BCUT2D eigenvalue weighted by Crippen LogP contribution is -2.46. The van der Waals surface area contributed by atoms with Gasteiger partial charge in [0, 0.05) is 24.3 Å². The Kier molecular flexibility index (Phi) is 6.64. The first-order chi connectivity index (χ1) is 11.9. The van der Waals surface area contributed by atoms with Gasteiger partial charge < -0.3 is 10.4 Å². The summed E-state index contributed by atoms with van der Waals surface area (Å²) in [5.74, 6) is -1.15. The van der Waals surface area contributed by atoms with Gasteiger partial charge in [-0.15, -0.1) is 0 Å². The fourth-order valence-corrected chi connectivity index (χ4v) is 3.14. The number of aromatic nitrogens is 2. The molecule has 2 aromatic rings. The van der Waals surface area contributed by atoms with E-state index in [9.17, 15) is 14.7 Å². The summed E-state index contributed by atoms with van der Waals surface area (Å²) in [7, 11) is 0. The van der Waals surface area contributed by atoms with Gasteiger partial charge in [-0.1, -0.05) is 38.1 Å². The molecule has 1 heterocycles. The summed E-state index contributed by atoms with van der Waals surface area (Å²) in [5, 5.41) is 18.9. The molecule has 7 heteroatoms. The normalized spacial score (nSPS) is 13.4. The number of carboxylic acid groups (broad SMARTS) is 1. The molecule has 0 aliphatic heterocycles. The number of nitrogens with zero attached hydrogens (tertiary/aromatic N) is 1. The molecule has 0 unspecified atom stereocenters. The Morgan fingerprint density at radius 1 is 1.24 bits per heavy atom. The fraction of sp³-hybridized carbons (Fsp3) is 0.389. The van der Waals surface area contributed by atoms with Crippen LogP contribution < -0.4 is 5.32 Å². The Morgan fingerprint density at radius 3 is 2.40 bits per heavy atom. The van der Waals surface area contributed by atoms with Gasteiger partial charge >= 0.3 is 5.97 Å². The summed E-state index contributed by atoms with van der Waals surface area (Å²) in [6, 6.07) is 8.40. The van der Waals surface area contributed by atoms with Gasteiger partial charge in [-0.25, -0.2) is 4.79 Å². The maximum atomic E-state index is 12.3. The van der Waals surface area contributed by atoms with Crippen molar-refractivity contribution >= 4 is 24.5 Å². The fourth-order valence-electron chi connectivity index (χ4n) is 2.55. The summed E-state index contributed by atoms with van der Waals surface area (Å²) in [4.78, 5) is 23.8. The molecule has 0 fully saturated rings. The lowest BCUT2D eigenvalue weighted by atomic mass is 9.96. The molecule has 6 nitrogen and oxygen atoms in total. The quantitative estimate of drug-likeness (QED) is 0.543. The van der Waals surface area contributed by atoms with Gasteiger partial charge in [0.2, 0.25) is 5.91 Å². The molecular formula is C18H23N3O3S. The van der Waals surface area contributed by atoms with Crippen molar-refractivity contribution in [3.8, 4) is 11.3 Å². The molecule has 0 saturated heterocycles. The van der Waals surface area contributed by atoms with E-state index in [0.717, 1.165) is 16.8 Å².